The van der Waals surface area contributed by atoms with E-state index >= 15 is 0 Å². The lowest BCUT2D eigenvalue weighted by molar-refractivity contribution is -0.384. The van der Waals surface area contributed by atoms with Gasteiger partial charge in [0, 0.05) is 18.8 Å². The van der Waals surface area contributed by atoms with Crippen LogP contribution in [-0.2, 0) is 13.5 Å². The number of hydrogen-bond donors (Lipinski definition) is 1. The van der Waals surface area contributed by atoms with Gasteiger partial charge in [0.1, 0.15) is 5.69 Å². The Morgan fingerprint density at radius 2 is 2.47 bits per heavy atom. The third-order valence-electron chi connectivity index (χ3n) is 2.88. The van der Waals surface area contributed by atoms with E-state index in [1.807, 2.05) is 18.7 Å². The lowest BCUT2D eigenvalue weighted by atomic mass is 10.2. The van der Waals surface area contributed by atoms with Gasteiger partial charge in [0.2, 0.25) is 5.82 Å². The van der Waals surface area contributed by atoms with Gasteiger partial charge in [-0.25, -0.2) is 4.68 Å². The number of aromatic nitrogens is 2. The Hall–Kier alpha value is -1.24. The lowest BCUT2D eigenvalue weighted by Crippen LogP contribution is -2.20. The van der Waals surface area contributed by atoms with Crippen LogP contribution in [0.15, 0.2) is 0 Å². The maximum Gasteiger partial charge on any atom is 0.333 e. The molecule has 1 fully saturated rings. The Kier molecular flexibility index (Phi) is 3.56. The number of thioether (sulfide) groups is 1. The van der Waals surface area contributed by atoms with Crippen molar-refractivity contribution in [1.29, 1.82) is 0 Å². The molecule has 1 aromatic rings. The summed E-state index contributed by atoms with van der Waals surface area (Å²) in [6.07, 6.45) is 1.62. The van der Waals surface area contributed by atoms with Gasteiger partial charge in [0.05, 0.1) is 4.92 Å². The molecule has 0 aromatic carbocycles. The average Bonchev–Trinajstić information content (AvgIpc) is 2.88. The maximum atomic E-state index is 11.1. The molecule has 0 amide bonds. The van der Waals surface area contributed by atoms with Crippen molar-refractivity contribution < 1.29 is 4.92 Å². The zero-order chi connectivity index (χ0) is 12.4. The van der Waals surface area contributed by atoms with Crippen molar-refractivity contribution in [3.8, 4) is 0 Å². The van der Waals surface area contributed by atoms with Crippen LogP contribution in [0, 0.1) is 10.1 Å². The molecule has 1 aliphatic heterocycles. The Balaban J connectivity index is 2.30. The zero-order valence-electron chi connectivity index (χ0n) is 9.97. The summed E-state index contributed by atoms with van der Waals surface area (Å²) in [6.45, 7) is 1.88. The van der Waals surface area contributed by atoms with Crippen LogP contribution < -0.4 is 5.32 Å². The molecule has 6 nitrogen and oxygen atoms in total. The first-order chi connectivity index (χ1) is 8.13. The first kappa shape index (κ1) is 12.2. The summed E-state index contributed by atoms with van der Waals surface area (Å²) in [5, 5.41) is 18.5. The number of nitro groups is 1. The zero-order valence-corrected chi connectivity index (χ0v) is 10.8. The Bertz CT molecular complexity index is 426. The van der Waals surface area contributed by atoms with Crippen LogP contribution in [0.1, 0.15) is 19.0 Å². The highest BCUT2D eigenvalue weighted by molar-refractivity contribution is 7.99. The second-order valence-corrected chi connectivity index (χ2v) is 5.23. The van der Waals surface area contributed by atoms with Crippen molar-refractivity contribution in [2.45, 2.75) is 25.8 Å². The van der Waals surface area contributed by atoms with E-state index < -0.39 is 0 Å². The number of nitrogens with one attached hydrogen (secondary N) is 1. The minimum Gasteiger partial charge on any atom is -0.361 e. The predicted octanol–water partition coefficient (Wildman–Crippen LogP) is 1.81. The van der Waals surface area contributed by atoms with E-state index in [9.17, 15) is 10.1 Å². The highest BCUT2D eigenvalue weighted by Gasteiger charge is 2.28. The molecule has 1 saturated heterocycles. The van der Waals surface area contributed by atoms with E-state index in [4.69, 9.17) is 0 Å². The molecule has 94 valence electrons. The van der Waals surface area contributed by atoms with Gasteiger partial charge in [-0.05, 0) is 18.6 Å². The van der Waals surface area contributed by atoms with Gasteiger partial charge in [-0.3, -0.25) is 10.1 Å². The molecule has 17 heavy (non-hydrogen) atoms. The van der Waals surface area contributed by atoms with Gasteiger partial charge in [0.25, 0.3) is 0 Å². The lowest BCUT2D eigenvalue weighted by Gasteiger charge is -2.11. The fourth-order valence-corrected chi connectivity index (χ4v) is 3.15. The number of anilines is 1. The second kappa shape index (κ2) is 4.95. The molecule has 0 spiro atoms. The molecule has 1 unspecified atom stereocenters. The van der Waals surface area contributed by atoms with Crippen molar-refractivity contribution in [2.75, 3.05) is 16.8 Å². The maximum absolute atomic E-state index is 11.1. The van der Waals surface area contributed by atoms with Crippen molar-refractivity contribution in [3.05, 3.63) is 15.8 Å². The Morgan fingerprint density at radius 1 is 1.71 bits per heavy atom. The van der Waals surface area contributed by atoms with Crippen LogP contribution in [-0.4, -0.2) is 32.3 Å². The van der Waals surface area contributed by atoms with E-state index in [1.165, 1.54) is 0 Å². The number of hydrogen-bond acceptors (Lipinski definition) is 5. The first-order valence-corrected chi connectivity index (χ1v) is 6.83. The molecule has 0 saturated carbocycles. The van der Waals surface area contributed by atoms with Crippen molar-refractivity contribution in [1.82, 2.24) is 9.78 Å². The molecule has 2 heterocycles. The van der Waals surface area contributed by atoms with Gasteiger partial charge in [-0.2, -0.15) is 16.9 Å². The summed E-state index contributed by atoms with van der Waals surface area (Å²) >= 11 is 1.87. The number of nitrogens with zero attached hydrogens (tertiary/aromatic N) is 3. The van der Waals surface area contributed by atoms with Gasteiger partial charge in [-0.1, -0.05) is 6.92 Å². The van der Waals surface area contributed by atoms with E-state index in [2.05, 4.69) is 10.4 Å². The van der Waals surface area contributed by atoms with Crippen LogP contribution in [0.5, 0.6) is 0 Å². The molecular weight excluding hydrogens is 240 g/mol. The molecule has 0 aliphatic carbocycles. The third kappa shape index (κ3) is 2.38. The third-order valence-corrected chi connectivity index (χ3v) is 4.04. The normalized spacial score (nSPS) is 19.5. The van der Waals surface area contributed by atoms with E-state index in [0.29, 0.717) is 24.0 Å². The van der Waals surface area contributed by atoms with Gasteiger partial charge in [0.15, 0.2) is 0 Å². The number of rotatable bonds is 4. The molecule has 2 rings (SSSR count). The minimum absolute atomic E-state index is 0.131. The summed E-state index contributed by atoms with van der Waals surface area (Å²) in [5.41, 5.74) is 0.678. The average molecular weight is 256 g/mol. The largest absolute Gasteiger partial charge is 0.361 e. The van der Waals surface area contributed by atoms with Crippen LogP contribution in [0.4, 0.5) is 11.5 Å². The van der Waals surface area contributed by atoms with Gasteiger partial charge < -0.3 is 5.32 Å². The van der Waals surface area contributed by atoms with Gasteiger partial charge in [-0.15, -0.1) is 0 Å². The molecule has 1 N–H and O–H groups in total. The van der Waals surface area contributed by atoms with Crippen molar-refractivity contribution in [2.24, 2.45) is 7.05 Å². The molecule has 1 aliphatic rings. The quantitative estimate of drug-likeness (QED) is 0.657. The van der Waals surface area contributed by atoms with Crippen LogP contribution in [0.25, 0.3) is 0 Å². The molecule has 1 aromatic heterocycles. The molecular formula is C10H16N4O2S. The molecule has 7 heteroatoms. The summed E-state index contributed by atoms with van der Waals surface area (Å²) in [4.78, 5) is 10.8. The molecule has 1 atom stereocenters. The highest BCUT2D eigenvalue weighted by Crippen LogP contribution is 2.31. The summed E-state index contributed by atoms with van der Waals surface area (Å²) in [7, 11) is 1.75. The molecule has 0 bridgehead atoms. The monoisotopic (exact) mass is 256 g/mol. The Morgan fingerprint density at radius 3 is 3.00 bits per heavy atom. The second-order valence-electron chi connectivity index (χ2n) is 4.08. The smallest absolute Gasteiger partial charge is 0.333 e. The summed E-state index contributed by atoms with van der Waals surface area (Å²) in [6, 6.07) is 0.318. The van der Waals surface area contributed by atoms with Gasteiger partial charge >= 0.3 is 5.69 Å². The summed E-state index contributed by atoms with van der Waals surface area (Å²) < 4.78 is 1.58. The molecule has 0 radical (unpaired) electrons. The SMILES string of the molecule is CCc1nn(C)c(NC2CCSC2)c1[N+](=O)[O-]. The minimum atomic E-state index is -0.337. The number of aryl methyl sites for hydroxylation is 2. The van der Waals surface area contributed by atoms with Crippen molar-refractivity contribution in [3.63, 3.8) is 0 Å². The fraction of sp³-hybridized carbons (Fsp3) is 0.700. The van der Waals surface area contributed by atoms with Crippen LogP contribution in [0.2, 0.25) is 0 Å². The Labute approximate surface area is 104 Å². The van der Waals surface area contributed by atoms with Crippen LogP contribution >= 0.6 is 11.8 Å². The first-order valence-electron chi connectivity index (χ1n) is 5.68. The predicted molar refractivity (Wildman–Crippen MR) is 68.6 cm³/mol. The fourth-order valence-electron chi connectivity index (χ4n) is 2.00. The van der Waals surface area contributed by atoms with Crippen molar-refractivity contribution >= 4 is 23.3 Å². The topological polar surface area (TPSA) is 73.0 Å². The van der Waals surface area contributed by atoms with E-state index in [0.717, 1.165) is 17.9 Å². The summed E-state index contributed by atoms with van der Waals surface area (Å²) in [5.74, 6) is 2.66. The van der Waals surface area contributed by atoms with Crippen LogP contribution in [0.3, 0.4) is 0 Å². The standard InChI is InChI=1S/C10H16N4O2S/c1-3-8-9(14(15)16)10(13(2)12-8)11-7-4-5-17-6-7/h7,11H,3-6H2,1-2H3. The van der Waals surface area contributed by atoms with E-state index in [-0.39, 0.29) is 10.6 Å². The highest BCUT2D eigenvalue weighted by atomic mass is 32.2. The van der Waals surface area contributed by atoms with E-state index in [1.54, 1.807) is 11.7 Å².